The van der Waals surface area contributed by atoms with Gasteiger partial charge in [0, 0.05) is 24.8 Å². The molecule has 2 heterocycles. The Kier molecular flexibility index (Phi) is 3.93. The maximum Gasteiger partial charge on any atom is 0.140 e. The molecule has 0 amide bonds. The van der Waals surface area contributed by atoms with Gasteiger partial charge in [0.2, 0.25) is 0 Å². The van der Waals surface area contributed by atoms with Crippen LogP contribution in [0.3, 0.4) is 0 Å². The second kappa shape index (κ2) is 5.45. The molecular weight excluding hydrogens is 284 g/mol. The highest BCUT2D eigenvalue weighted by Crippen LogP contribution is 2.46. The van der Waals surface area contributed by atoms with Gasteiger partial charge in [0.15, 0.2) is 0 Å². The van der Waals surface area contributed by atoms with Crippen LogP contribution in [0.25, 0.3) is 0 Å². The van der Waals surface area contributed by atoms with Gasteiger partial charge in [-0.3, -0.25) is 0 Å². The summed E-state index contributed by atoms with van der Waals surface area (Å²) in [6.45, 7) is 5.97. The average Bonchev–Trinajstić information content (AvgIpc) is 2.48. The van der Waals surface area contributed by atoms with E-state index < -0.39 is 0 Å². The summed E-state index contributed by atoms with van der Waals surface area (Å²) in [4.78, 5) is 8.17. The van der Waals surface area contributed by atoms with Gasteiger partial charge in [0.25, 0.3) is 0 Å². The Morgan fingerprint density at radius 2 is 1.95 bits per heavy atom. The van der Waals surface area contributed by atoms with E-state index in [0.29, 0.717) is 16.7 Å². The lowest BCUT2D eigenvalue weighted by molar-refractivity contribution is -0.0733. The van der Waals surface area contributed by atoms with Gasteiger partial charge in [-0.15, -0.1) is 0 Å². The fourth-order valence-electron chi connectivity index (χ4n) is 3.34. The molecule has 1 aromatic rings. The minimum absolute atomic E-state index is 0.309. The smallest absolute Gasteiger partial charge is 0.140 e. The Hall–Kier alpha value is -0.780. The van der Waals surface area contributed by atoms with E-state index in [0.717, 1.165) is 50.1 Å². The molecule has 1 saturated carbocycles. The van der Waals surface area contributed by atoms with Crippen LogP contribution in [0.1, 0.15) is 56.6 Å². The van der Waals surface area contributed by atoms with Gasteiger partial charge in [-0.1, -0.05) is 26.1 Å². The van der Waals surface area contributed by atoms with Crippen LogP contribution in [0, 0.1) is 10.1 Å². The van der Waals surface area contributed by atoms with E-state index in [1.807, 2.05) is 0 Å². The van der Waals surface area contributed by atoms with Crippen molar-refractivity contribution in [3.63, 3.8) is 0 Å². The summed E-state index contributed by atoms with van der Waals surface area (Å²) < 4.78 is 12.1. The van der Waals surface area contributed by atoms with Crippen LogP contribution >= 0.6 is 12.2 Å². The number of aromatic amines is 1. The van der Waals surface area contributed by atoms with E-state index in [1.54, 1.807) is 7.11 Å². The Morgan fingerprint density at radius 1 is 1.24 bits per heavy atom. The Balaban J connectivity index is 1.98. The number of rotatable bonds is 2. The van der Waals surface area contributed by atoms with Crippen molar-refractivity contribution in [3.8, 4) is 0 Å². The van der Waals surface area contributed by atoms with E-state index in [-0.39, 0.29) is 5.60 Å². The van der Waals surface area contributed by atoms with Crippen LogP contribution in [0.5, 0.6) is 0 Å². The minimum atomic E-state index is -0.309. The number of nitrogens with zero attached hydrogens (tertiary/aromatic N) is 1. The topological polar surface area (TPSA) is 47.1 Å². The number of aromatic nitrogens is 2. The number of methoxy groups -OCH3 is 1. The fraction of sp³-hybridized carbons (Fsp3) is 0.750. The van der Waals surface area contributed by atoms with E-state index >= 15 is 0 Å². The molecule has 1 aliphatic carbocycles. The van der Waals surface area contributed by atoms with Crippen LogP contribution in [-0.2, 0) is 28.1 Å². The van der Waals surface area contributed by atoms with E-state index in [9.17, 15) is 0 Å². The first-order chi connectivity index (χ1) is 9.96. The Labute approximate surface area is 131 Å². The second-order valence-corrected chi connectivity index (χ2v) is 7.40. The number of ether oxygens (including phenoxy) is 2. The average molecular weight is 308 g/mol. The van der Waals surface area contributed by atoms with Crippen molar-refractivity contribution in [2.45, 2.75) is 58.2 Å². The van der Waals surface area contributed by atoms with Crippen LogP contribution in [0.4, 0.5) is 0 Å². The van der Waals surface area contributed by atoms with Gasteiger partial charge < -0.3 is 14.5 Å². The van der Waals surface area contributed by atoms with Gasteiger partial charge in [0.1, 0.15) is 16.1 Å². The molecule has 0 radical (unpaired) electrons. The highest BCUT2D eigenvalue weighted by atomic mass is 32.1. The molecule has 1 N–H and O–H groups in total. The van der Waals surface area contributed by atoms with Crippen LogP contribution in [0.2, 0.25) is 0 Å². The third-order valence-electron chi connectivity index (χ3n) is 5.08. The van der Waals surface area contributed by atoms with Crippen LogP contribution < -0.4 is 0 Å². The quantitative estimate of drug-likeness (QED) is 0.847. The van der Waals surface area contributed by atoms with Crippen molar-refractivity contribution in [2.24, 2.45) is 5.41 Å². The van der Waals surface area contributed by atoms with Crippen molar-refractivity contribution in [3.05, 3.63) is 21.7 Å². The molecule has 0 unspecified atom stereocenters. The highest BCUT2D eigenvalue weighted by molar-refractivity contribution is 7.71. The first-order valence-corrected chi connectivity index (χ1v) is 8.12. The predicted molar refractivity (Wildman–Crippen MR) is 83.7 cm³/mol. The Morgan fingerprint density at radius 3 is 2.62 bits per heavy atom. The first kappa shape index (κ1) is 15.1. The van der Waals surface area contributed by atoms with Crippen molar-refractivity contribution in [2.75, 3.05) is 13.7 Å². The second-order valence-electron chi connectivity index (χ2n) is 7.01. The molecule has 1 aliphatic heterocycles. The molecule has 0 aromatic carbocycles. The minimum Gasteiger partial charge on any atom is -0.376 e. The summed E-state index contributed by atoms with van der Waals surface area (Å²) in [5, 5.41) is 0. The molecule has 0 atom stereocenters. The first-order valence-electron chi connectivity index (χ1n) is 7.71. The molecule has 0 bridgehead atoms. The summed E-state index contributed by atoms with van der Waals surface area (Å²) in [5.41, 5.74) is 2.30. The number of hydrogen-bond acceptors (Lipinski definition) is 4. The monoisotopic (exact) mass is 308 g/mol. The SMILES string of the molecule is COC1(c2nc(=S)c3c([nH]2)CCOC3)CCC(C)(C)CC1. The standard InChI is InChI=1S/C16H24N2O2S/c1-15(2)5-7-16(19-3,8-6-15)14-17-12-4-9-20-10-11(12)13(21)18-14/h4-10H2,1-3H3,(H,17,18,21). The maximum absolute atomic E-state index is 5.93. The number of nitrogens with one attached hydrogen (secondary N) is 1. The summed E-state index contributed by atoms with van der Waals surface area (Å²) in [6, 6.07) is 0. The molecule has 1 fully saturated rings. The fourth-order valence-corrected chi connectivity index (χ4v) is 3.61. The molecule has 0 spiro atoms. The van der Waals surface area contributed by atoms with E-state index in [4.69, 9.17) is 21.7 Å². The lowest BCUT2D eigenvalue weighted by atomic mass is 9.70. The zero-order chi connectivity index (χ0) is 15.1. The van der Waals surface area contributed by atoms with E-state index in [1.165, 1.54) is 5.69 Å². The summed E-state index contributed by atoms with van der Waals surface area (Å²) in [5.74, 6) is 0.908. The van der Waals surface area contributed by atoms with Gasteiger partial charge >= 0.3 is 0 Å². The molecule has 0 saturated heterocycles. The third kappa shape index (κ3) is 2.79. The van der Waals surface area contributed by atoms with Crippen LogP contribution in [-0.4, -0.2) is 23.7 Å². The van der Waals surface area contributed by atoms with Crippen molar-refractivity contribution in [1.29, 1.82) is 0 Å². The zero-order valence-electron chi connectivity index (χ0n) is 13.1. The summed E-state index contributed by atoms with van der Waals surface area (Å²) in [6.07, 6.45) is 5.14. The molecule has 3 rings (SSSR count). The number of hydrogen-bond donors (Lipinski definition) is 1. The molecule has 5 heteroatoms. The summed E-state index contributed by atoms with van der Waals surface area (Å²) >= 11 is 5.47. The lowest BCUT2D eigenvalue weighted by Crippen LogP contribution is -2.38. The molecule has 4 nitrogen and oxygen atoms in total. The molecule has 21 heavy (non-hydrogen) atoms. The molecule has 1 aromatic heterocycles. The lowest BCUT2D eigenvalue weighted by Gasteiger charge is -2.42. The summed E-state index contributed by atoms with van der Waals surface area (Å²) in [7, 11) is 1.79. The molecule has 116 valence electrons. The van der Waals surface area contributed by atoms with E-state index in [2.05, 4.69) is 23.8 Å². The van der Waals surface area contributed by atoms with Crippen molar-refractivity contribution in [1.82, 2.24) is 9.97 Å². The largest absolute Gasteiger partial charge is 0.376 e. The molecular formula is C16H24N2O2S. The third-order valence-corrected chi connectivity index (χ3v) is 5.42. The predicted octanol–water partition coefficient (Wildman–Crippen LogP) is 3.65. The number of H-pyrrole nitrogens is 1. The van der Waals surface area contributed by atoms with Gasteiger partial charge in [-0.05, 0) is 31.1 Å². The molecule has 2 aliphatic rings. The normalized spacial score (nSPS) is 23.6. The number of fused-ring (bicyclic) bond motifs is 1. The van der Waals surface area contributed by atoms with Gasteiger partial charge in [-0.2, -0.15) is 0 Å². The highest BCUT2D eigenvalue weighted by Gasteiger charge is 2.42. The van der Waals surface area contributed by atoms with Crippen molar-refractivity contribution < 1.29 is 9.47 Å². The van der Waals surface area contributed by atoms with Gasteiger partial charge in [0.05, 0.1) is 13.2 Å². The zero-order valence-corrected chi connectivity index (χ0v) is 13.9. The van der Waals surface area contributed by atoms with Gasteiger partial charge in [-0.25, -0.2) is 4.98 Å². The Bertz CT molecular complexity index is 584. The van der Waals surface area contributed by atoms with Crippen LogP contribution in [0.15, 0.2) is 0 Å². The maximum atomic E-state index is 5.93. The van der Waals surface area contributed by atoms with Crippen molar-refractivity contribution >= 4 is 12.2 Å².